The Kier molecular flexibility index (Phi) is 7.67. The van der Waals surface area contributed by atoms with Gasteiger partial charge in [-0.3, -0.25) is 0 Å². The zero-order valence-electron chi connectivity index (χ0n) is 16.5. The SMILES string of the molecule is CCCCC1CCC(CC[C@@H]2CCO[C@@H](c3ccc(C#N)c(F)c3)O2)CC1. The van der Waals surface area contributed by atoms with Gasteiger partial charge in [-0.25, -0.2) is 4.39 Å². The van der Waals surface area contributed by atoms with Crippen LogP contribution in [-0.2, 0) is 9.47 Å². The summed E-state index contributed by atoms with van der Waals surface area (Å²) < 4.78 is 25.7. The lowest BCUT2D eigenvalue weighted by Crippen LogP contribution is -2.28. The Hall–Kier alpha value is -1.44. The van der Waals surface area contributed by atoms with Crippen LogP contribution in [0.4, 0.5) is 4.39 Å². The summed E-state index contributed by atoms with van der Waals surface area (Å²) in [5.74, 6) is 1.28. The van der Waals surface area contributed by atoms with Crippen LogP contribution in [0.3, 0.4) is 0 Å². The third kappa shape index (κ3) is 5.77. The van der Waals surface area contributed by atoms with Gasteiger partial charge in [-0.1, -0.05) is 57.9 Å². The minimum Gasteiger partial charge on any atom is -0.348 e. The van der Waals surface area contributed by atoms with E-state index in [9.17, 15) is 4.39 Å². The van der Waals surface area contributed by atoms with Crippen LogP contribution in [0.15, 0.2) is 18.2 Å². The quantitative estimate of drug-likeness (QED) is 0.565. The Labute approximate surface area is 162 Å². The van der Waals surface area contributed by atoms with Gasteiger partial charge < -0.3 is 9.47 Å². The molecule has 0 spiro atoms. The van der Waals surface area contributed by atoms with Crippen LogP contribution in [0.2, 0.25) is 0 Å². The fourth-order valence-corrected chi connectivity index (χ4v) is 4.47. The molecule has 1 aromatic rings. The molecule has 1 saturated carbocycles. The van der Waals surface area contributed by atoms with Gasteiger partial charge in [0.05, 0.1) is 18.3 Å². The van der Waals surface area contributed by atoms with E-state index in [1.807, 2.05) is 6.07 Å². The molecule has 1 aromatic carbocycles. The van der Waals surface area contributed by atoms with Crippen LogP contribution in [0.1, 0.15) is 88.5 Å². The molecule has 0 radical (unpaired) electrons. The number of hydrogen-bond acceptors (Lipinski definition) is 3. The van der Waals surface area contributed by atoms with Crippen molar-refractivity contribution >= 4 is 0 Å². The van der Waals surface area contributed by atoms with Crippen molar-refractivity contribution in [3.05, 3.63) is 35.1 Å². The molecule has 4 heteroatoms. The number of nitrogens with zero attached hydrogens (tertiary/aromatic N) is 1. The maximum absolute atomic E-state index is 13.9. The number of halogens is 1. The lowest BCUT2D eigenvalue weighted by molar-refractivity contribution is -0.219. The number of nitriles is 1. The maximum atomic E-state index is 13.9. The van der Waals surface area contributed by atoms with Gasteiger partial charge in [-0.05, 0) is 43.2 Å². The molecule has 148 valence electrons. The number of benzene rings is 1. The number of unbranched alkanes of at least 4 members (excludes halogenated alkanes) is 1. The maximum Gasteiger partial charge on any atom is 0.184 e. The average Bonchev–Trinajstić information content (AvgIpc) is 2.71. The second-order valence-electron chi connectivity index (χ2n) is 8.21. The largest absolute Gasteiger partial charge is 0.348 e. The molecular weight excluding hydrogens is 341 g/mol. The molecule has 3 nitrogen and oxygen atoms in total. The van der Waals surface area contributed by atoms with E-state index >= 15 is 0 Å². The minimum absolute atomic E-state index is 0.0562. The molecule has 3 rings (SSSR count). The normalized spacial score (nSPS) is 28.6. The number of rotatable bonds is 7. The molecule has 1 saturated heterocycles. The van der Waals surface area contributed by atoms with Gasteiger partial charge in [0.15, 0.2) is 6.29 Å². The van der Waals surface area contributed by atoms with Crippen molar-refractivity contribution in [2.24, 2.45) is 11.8 Å². The van der Waals surface area contributed by atoms with Crippen molar-refractivity contribution in [1.82, 2.24) is 0 Å². The fourth-order valence-electron chi connectivity index (χ4n) is 4.47. The molecule has 0 bridgehead atoms. The first-order valence-corrected chi connectivity index (χ1v) is 10.7. The molecule has 0 amide bonds. The molecule has 2 aliphatic rings. The van der Waals surface area contributed by atoms with E-state index in [-0.39, 0.29) is 11.7 Å². The Morgan fingerprint density at radius 2 is 1.81 bits per heavy atom. The fraction of sp³-hybridized carbons (Fsp3) is 0.696. The molecule has 0 aromatic heterocycles. The predicted octanol–water partition coefficient (Wildman–Crippen LogP) is 6.28. The Morgan fingerprint density at radius 1 is 1.07 bits per heavy atom. The van der Waals surface area contributed by atoms with Crippen molar-refractivity contribution in [2.75, 3.05) is 6.61 Å². The van der Waals surface area contributed by atoms with Gasteiger partial charge in [0, 0.05) is 5.56 Å². The summed E-state index contributed by atoms with van der Waals surface area (Å²) in [6, 6.07) is 6.44. The van der Waals surface area contributed by atoms with Crippen LogP contribution in [0, 0.1) is 29.0 Å². The molecular formula is C23H32FNO2. The zero-order chi connectivity index (χ0) is 19.1. The van der Waals surface area contributed by atoms with Crippen molar-refractivity contribution < 1.29 is 13.9 Å². The van der Waals surface area contributed by atoms with Crippen molar-refractivity contribution in [1.29, 1.82) is 5.26 Å². The van der Waals surface area contributed by atoms with Crippen LogP contribution < -0.4 is 0 Å². The first-order chi connectivity index (χ1) is 13.2. The Balaban J connectivity index is 1.44. The van der Waals surface area contributed by atoms with E-state index < -0.39 is 12.1 Å². The molecule has 0 N–H and O–H groups in total. The second kappa shape index (κ2) is 10.2. The van der Waals surface area contributed by atoms with Crippen molar-refractivity contribution in [2.45, 2.75) is 83.5 Å². The first-order valence-electron chi connectivity index (χ1n) is 10.7. The Morgan fingerprint density at radius 3 is 2.48 bits per heavy atom. The molecule has 1 heterocycles. The predicted molar refractivity (Wildman–Crippen MR) is 104 cm³/mol. The smallest absolute Gasteiger partial charge is 0.184 e. The van der Waals surface area contributed by atoms with Gasteiger partial charge in [0.1, 0.15) is 11.9 Å². The topological polar surface area (TPSA) is 42.2 Å². The van der Waals surface area contributed by atoms with Gasteiger partial charge in [-0.15, -0.1) is 0 Å². The lowest BCUT2D eigenvalue weighted by Gasteiger charge is -2.33. The number of hydrogen-bond donors (Lipinski definition) is 0. The summed E-state index contributed by atoms with van der Waals surface area (Å²) in [5, 5.41) is 8.86. The monoisotopic (exact) mass is 373 g/mol. The standard InChI is InChI=1S/C23H32FNO2/c1-2-3-4-17-5-7-18(8-6-17)9-12-21-13-14-26-23(27-21)19-10-11-20(16-25)22(24)15-19/h10-11,15,17-18,21,23H,2-9,12-14H2,1H3/t17?,18?,21-,23-/m1/s1. The van der Waals surface area contributed by atoms with Crippen LogP contribution >= 0.6 is 0 Å². The van der Waals surface area contributed by atoms with E-state index in [2.05, 4.69) is 6.92 Å². The minimum atomic E-state index is -0.518. The van der Waals surface area contributed by atoms with E-state index in [0.29, 0.717) is 12.2 Å². The summed E-state index contributed by atoms with van der Waals surface area (Å²) in [7, 11) is 0. The van der Waals surface area contributed by atoms with Crippen LogP contribution in [-0.4, -0.2) is 12.7 Å². The molecule has 1 aliphatic carbocycles. The number of ether oxygens (including phenoxy) is 2. The summed E-state index contributed by atoms with van der Waals surface area (Å²) >= 11 is 0. The lowest BCUT2D eigenvalue weighted by atomic mass is 9.78. The van der Waals surface area contributed by atoms with Crippen LogP contribution in [0.25, 0.3) is 0 Å². The third-order valence-corrected chi connectivity index (χ3v) is 6.24. The van der Waals surface area contributed by atoms with Gasteiger partial charge in [0.2, 0.25) is 0 Å². The first kappa shape index (κ1) is 20.3. The third-order valence-electron chi connectivity index (χ3n) is 6.24. The highest BCUT2D eigenvalue weighted by molar-refractivity contribution is 5.33. The van der Waals surface area contributed by atoms with Gasteiger partial charge in [0.25, 0.3) is 0 Å². The van der Waals surface area contributed by atoms with E-state index in [1.165, 1.54) is 63.5 Å². The molecule has 0 unspecified atom stereocenters. The highest BCUT2D eigenvalue weighted by Crippen LogP contribution is 2.36. The van der Waals surface area contributed by atoms with E-state index in [0.717, 1.165) is 24.7 Å². The molecule has 1 aliphatic heterocycles. The average molecular weight is 374 g/mol. The van der Waals surface area contributed by atoms with E-state index in [1.54, 1.807) is 6.07 Å². The summed E-state index contributed by atoms with van der Waals surface area (Å²) in [6.45, 7) is 2.92. The molecule has 2 fully saturated rings. The van der Waals surface area contributed by atoms with Crippen molar-refractivity contribution in [3.8, 4) is 6.07 Å². The zero-order valence-corrected chi connectivity index (χ0v) is 16.5. The molecule has 27 heavy (non-hydrogen) atoms. The second-order valence-corrected chi connectivity index (χ2v) is 8.21. The van der Waals surface area contributed by atoms with Gasteiger partial charge >= 0.3 is 0 Å². The Bertz CT molecular complexity index is 634. The summed E-state index contributed by atoms with van der Waals surface area (Å²) in [5.41, 5.74) is 0.716. The van der Waals surface area contributed by atoms with E-state index in [4.69, 9.17) is 14.7 Å². The summed E-state index contributed by atoms with van der Waals surface area (Å²) in [4.78, 5) is 0. The van der Waals surface area contributed by atoms with Crippen molar-refractivity contribution in [3.63, 3.8) is 0 Å². The van der Waals surface area contributed by atoms with Gasteiger partial charge in [-0.2, -0.15) is 5.26 Å². The summed E-state index contributed by atoms with van der Waals surface area (Å²) in [6.07, 6.45) is 12.5. The van der Waals surface area contributed by atoms with Crippen LogP contribution in [0.5, 0.6) is 0 Å². The highest BCUT2D eigenvalue weighted by atomic mass is 19.1. The molecule has 2 atom stereocenters. The highest BCUT2D eigenvalue weighted by Gasteiger charge is 2.27.